The number of fused-ring (bicyclic) bond motifs is 1. The number of hydrogen-bond donors (Lipinski definition) is 0. The molecule has 0 aliphatic carbocycles. The fourth-order valence-corrected chi connectivity index (χ4v) is 3.14. The van der Waals surface area contributed by atoms with Crippen LogP contribution < -0.4 is 10.3 Å². The first-order valence-corrected chi connectivity index (χ1v) is 8.59. The molecule has 0 unspecified atom stereocenters. The molecule has 0 N–H and O–H groups in total. The van der Waals surface area contributed by atoms with Crippen molar-refractivity contribution in [2.45, 2.75) is 19.3 Å². The number of rotatable bonds is 3. The molecule has 29 heavy (non-hydrogen) atoms. The summed E-state index contributed by atoms with van der Waals surface area (Å²) in [6.07, 6.45) is -4.86. The van der Waals surface area contributed by atoms with E-state index in [9.17, 15) is 22.4 Å². The summed E-state index contributed by atoms with van der Waals surface area (Å²) in [5.74, 6) is -0.332. The molecule has 1 aliphatic heterocycles. The number of aromatic nitrogens is 2. The lowest BCUT2D eigenvalue weighted by Crippen LogP contribution is -2.31. The summed E-state index contributed by atoms with van der Waals surface area (Å²) in [4.78, 5) is 12.5. The number of alkyl halides is 3. The Hall–Kier alpha value is -3.20. The molecule has 9 heteroatoms. The van der Waals surface area contributed by atoms with Crippen LogP contribution in [0.3, 0.4) is 0 Å². The van der Waals surface area contributed by atoms with E-state index in [1.54, 1.807) is 30.3 Å². The SMILES string of the molecule is O=c1c(C(F)(F)F)cc(-c2ccccc2)nn1Cc1cc(F)cc2c1OCOC2. The van der Waals surface area contributed by atoms with Gasteiger partial charge in [-0.2, -0.15) is 18.3 Å². The Balaban J connectivity index is 1.86. The van der Waals surface area contributed by atoms with Gasteiger partial charge in [-0.25, -0.2) is 9.07 Å². The second-order valence-electron chi connectivity index (χ2n) is 6.43. The standard InChI is InChI=1S/C20H14F4N2O3/c21-15-6-13(18-14(7-15)10-28-11-29-18)9-26-19(27)16(20(22,23)24)8-17(25-26)12-4-2-1-3-5-12/h1-8H,9-11H2. The van der Waals surface area contributed by atoms with Crippen molar-refractivity contribution in [2.24, 2.45) is 0 Å². The number of hydrogen-bond acceptors (Lipinski definition) is 4. The first-order chi connectivity index (χ1) is 13.8. The Kier molecular flexibility index (Phi) is 4.83. The van der Waals surface area contributed by atoms with Crippen molar-refractivity contribution in [2.75, 3.05) is 6.79 Å². The number of ether oxygens (including phenoxy) is 2. The molecule has 4 rings (SSSR count). The molecule has 0 amide bonds. The number of halogens is 4. The Labute approximate surface area is 162 Å². The number of nitrogens with zero attached hydrogens (tertiary/aromatic N) is 2. The summed E-state index contributed by atoms with van der Waals surface area (Å²) in [6, 6.07) is 11.2. The van der Waals surface area contributed by atoms with E-state index in [0.29, 0.717) is 15.8 Å². The lowest BCUT2D eigenvalue weighted by Gasteiger charge is -2.21. The summed E-state index contributed by atoms with van der Waals surface area (Å²) in [5.41, 5.74) is -1.65. The third kappa shape index (κ3) is 3.86. The van der Waals surface area contributed by atoms with Crippen molar-refractivity contribution in [3.63, 3.8) is 0 Å². The molecule has 0 radical (unpaired) electrons. The van der Waals surface area contributed by atoms with Gasteiger partial charge in [0.1, 0.15) is 17.1 Å². The molecule has 5 nitrogen and oxygen atoms in total. The third-order valence-corrected chi connectivity index (χ3v) is 4.42. The Bertz CT molecular complexity index is 1110. The molecule has 0 atom stereocenters. The first kappa shape index (κ1) is 19.1. The second kappa shape index (κ2) is 7.32. The van der Waals surface area contributed by atoms with Crippen molar-refractivity contribution in [3.8, 4) is 17.0 Å². The highest BCUT2D eigenvalue weighted by Crippen LogP contribution is 2.31. The Morgan fingerprint density at radius 2 is 1.86 bits per heavy atom. The van der Waals surface area contributed by atoms with E-state index in [1.165, 1.54) is 6.07 Å². The fraction of sp³-hybridized carbons (Fsp3) is 0.200. The topological polar surface area (TPSA) is 53.4 Å². The monoisotopic (exact) mass is 406 g/mol. The van der Waals surface area contributed by atoms with E-state index in [0.717, 1.165) is 12.1 Å². The van der Waals surface area contributed by atoms with Gasteiger partial charge in [-0.3, -0.25) is 4.79 Å². The van der Waals surface area contributed by atoms with Gasteiger partial charge in [0.25, 0.3) is 5.56 Å². The van der Waals surface area contributed by atoms with Gasteiger partial charge in [0.05, 0.1) is 18.8 Å². The maximum absolute atomic E-state index is 14.0. The van der Waals surface area contributed by atoms with Gasteiger partial charge in [-0.15, -0.1) is 0 Å². The molecule has 0 spiro atoms. The van der Waals surface area contributed by atoms with Gasteiger partial charge in [-0.05, 0) is 18.2 Å². The van der Waals surface area contributed by atoms with Gasteiger partial charge in [0.15, 0.2) is 6.79 Å². The molecule has 3 aromatic rings. The molecule has 0 saturated heterocycles. The van der Waals surface area contributed by atoms with E-state index in [-0.39, 0.29) is 37.0 Å². The van der Waals surface area contributed by atoms with Gasteiger partial charge in [-0.1, -0.05) is 30.3 Å². The highest BCUT2D eigenvalue weighted by molar-refractivity contribution is 5.59. The zero-order chi connectivity index (χ0) is 20.6. The maximum Gasteiger partial charge on any atom is 0.421 e. The van der Waals surface area contributed by atoms with Crippen molar-refractivity contribution in [1.29, 1.82) is 0 Å². The molecule has 0 fully saturated rings. The van der Waals surface area contributed by atoms with Gasteiger partial charge in [0, 0.05) is 16.7 Å². The molecular weight excluding hydrogens is 392 g/mol. The quantitative estimate of drug-likeness (QED) is 0.618. The van der Waals surface area contributed by atoms with Crippen LogP contribution in [0.25, 0.3) is 11.3 Å². The van der Waals surface area contributed by atoms with Crippen LogP contribution in [-0.2, 0) is 24.1 Å². The Morgan fingerprint density at radius 1 is 1.10 bits per heavy atom. The number of benzene rings is 2. The van der Waals surface area contributed by atoms with Crippen LogP contribution in [0, 0.1) is 5.82 Å². The largest absolute Gasteiger partial charge is 0.467 e. The van der Waals surface area contributed by atoms with Crippen molar-refractivity contribution < 1.29 is 27.0 Å². The van der Waals surface area contributed by atoms with E-state index in [1.807, 2.05) is 0 Å². The average molecular weight is 406 g/mol. The second-order valence-corrected chi connectivity index (χ2v) is 6.43. The van der Waals surface area contributed by atoms with Crippen LogP contribution >= 0.6 is 0 Å². The molecule has 2 aromatic carbocycles. The van der Waals surface area contributed by atoms with E-state index >= 15 is 0 Å². The van der Waals surface area contributed by atoms with E-state index in [4.69, 9.17) is 9.47 Å². The lowest BCUT2D eigenvalue weighted by molar-refractivity contribution is -0.139. The average Bonchev–Trinajstić information content (AvgIpc) is 2.69. The van der Waals surface area contributed by atoms with Crippen LogP contribution in [0.2, 0.25) is 0 Å². The lowest BCUT2D eigenvalue weighted by atomic mass is 10.1. The first-order valence-electron chi connectivity index (χ1n) is 8.59. The summed E-state index contributed by atoms with van der Waals surface area (Å²) in [5, 5.41) is 4.09. The summed E-state index contributed by atoms with van der Waals surface area (Å²) < 4.78 is 65.5. The molecule has 1 aromatic heterocycles. The van der Waals surface area contributed by atoms with Crippen LogP contribution in [0.4, 0.5) is 17.6 Å². The minimum Gasteiger partial charge on any atom is -0.467 e. The van der Waals surface area contributed by atoms with Gasteiger partial charge < -0.3 is 9.47 Å². The van der Waals surface area contributed by atoms with E-state index in [2.05, 4.69) is 5.10 Å². The van der Waals surface area contributed by atoms with Crippen LogP contribution in [0.5, 0.6) is 5.75 Å². The molecule has 2 heterocycles. The fourth-order valence-electron chi connectivity index (χ4n) is 3.14. The smallest absolute Gasteiger partial charge is 0.421 e. The van der Waals surface area contributed by atoms with Crippen molar-refractivity contribution in [1.82, 2.24) is 9.78 Å². The maximum atomic E-state index is 14.0. The molecule has 150 valence electrons. The minimum absolute atomic E-state index is 0.0213. The highest BCUT2D eigenvalue weighted by Gasteiger charge is 2.36. The Morgan fingerprint density at radius 3 is 2.59 bits per heavy atom. The molecular formula is C20H14F4N2O3. The molecule has 0 saturated carbocycles. The zero-order valence-electron chi connectivity index (χ0n) is 14.9. The predicted molar refractivity (Wildman–Crippen MR) is 94.7 cm³/mol. The van der Waals surface area contributed by atoms with E-state index < -0.39 is 23.1 Å². The highest BCUT2D eigenvalue weighted by atomic mass is 19.4. The third-order valence-electron chi connectivity index (χ3n) is 4.42. The molecule has 0 bridgehead atoms. The van der Waals surface area contributed by atoms with Gasteiger partial charge >= 0.3 is 6.18 Å². The summed E-state index contributed by atoms with van der Waals surface area (Å²) >= 11 is 0. The van der Waals surface area contributed by atoms with Crippen LogP contribution in [0.15, 0.2) is 53.3 Å². The normalized spacial score (nSPS) is 13.7. The van der Waals surface area contributed by atoms with Crippen molar-refractivity contribution in [3.05, 3.63) is 81.4 Å². The zero-order valence-corrected chi connectivity index (χ0v) is 14.9. The van der Waals surface area contributed by atoms with Gasteiger partial charge in [0.2, 0.25) is 0 Å². The summed E-state index contributed by atoms with van der Waals surface area (Å²) in [7, 11) is 0. The predicted octanol–water partition coefficient (Wildman–Crippen LogP) is 3.98. The minimum atomic E-state index is -4.86. The van der Waals surface area contributed by atoms with Crippen LogP contribution in [-0.4, -0.2) is 16.6 Å². The van der Waals surface area contributed by atoms with Crippen LogP contribution in [0.1, 0.15) is 16.7 Å². The van der Waals surface area contributed by atoms with Crippen molar-refractivity contribution >= 4 is 0 Å². The molecule has 1 aliphatic rings. The summed E-state index contributed by atoms with van der Waals surface area (Å²) in [6.45, 7) is -0.366.